The zero-order valence-electron chi connectivity index (χ0n) is 14.3. The van der Waals surface area contributed by atoms with E-state index in [0.717, 1.165) is 29.5 Å². The van der Waals surface area contributed by atoms with Crippen molar-refractivity contribution < 1.29 is 18.4 Å². The van der Waals surface area contributed by atoms with Gasteiger partial charge in [0.1, 0.15) is 0 Å². The molecular weight excluding hydrogens is 374 g/mol. The summed E-state index contributed by atoms with van der Waals surface area (Å²) in [4.78, 5) is 30.9. The maximum atomic E-state index is 13.2. The van der Waals surface area contributed by atoms with E-state index in [1.807, 2.05) is 30.3 Å². The van der Waals surface area contributed by atoms with Gasteiger partial charge in [-0.15, -0.1) is 0 Å². The number of benzene rings is 2. The predicted molar refractivity (Wildman–Crippen MR) is 98.1 cm³/mol. The average molecular weight is 390 g/mol. The first-order chi connectivity index (χ1) is 12.9. The Balaban J connectivity index is 1.55. The van der Waals surface area contributed by atoms with E-state index in [4.69, 9.17) is 0 Å². The van der Waals surface area contributed by atoms with Crippen molar-refractivity contribution in [1.29, 1.82) is 0 Å². The molecule has 27 heavy (non-hydrogen) atoms. The van der Waals surface area contributed by atoms with E-state index < -0.39 is 28.8 Å². The summed E-state index contributed by atoms with van der Waals surface area (Å²) in [5.74, 6) is -2.49. The standard InChI is InChI=1S/C18H16F2N4O2S/c1-10(16(25)24-17(26)21-9-11-5-3-2-4-6-11)27-18-22-14-7-12(19)13(20)8-15(14)23-18/h2-8,10H,9H2,1H3,(H,22,23)(H2,21,24,25,26). The smallest absolute Gasteiger partial charge is 0.321 e. The summed E-state index contributed by atoms with van der Waals surface area (Å²) in [7, 11) is 0. The Hall–Kier alpha value is -2.94. The van der Waals surface area contributed by atoms with E-state index in [0.29, 0.717) is 17.2 Å². The number of hydrogen-bond donors (Lipinski definition) is 3. The SMILES string of the molecule is CC(Sc1nc2cc(F)c(F)cc2[nH]1)C(=O)NC(=O)NCc1ccccc1. The molecule has 3 N–H and O–H groups in total. The summed E-state index contributed by atoms with van der Waals surface area (Å²) in [6.07, 6.45) is 0. The molecule has 3 aromatic rings. The second-order valence-corrected chi connectivity index (χ2v) is 7.07. The van der Waals surface area contributed by atoms with E-state index in [1.165, 1.54) is 0 Å². The number of thioether (sulfide) groups is 1. The Bertz CT molecular complexity index is 939. The molecule has 3 amide bonds. The second kappa shape index (κ2) is 8.17. The molecule has 1 aromatic heterocycles. The predicted octanol–water partition coefficient (Wildman–Crippen LogP) is 3.35. The van der Waals surface area contributed by atoms with Gasteiger partial charge in [0, 0.05) is 18.7 Å². The van der Waals surface area contributed by atoms with Crippen LogP contribution in [0.2, 0.25) is 0 Å². The molecule has 0 bridgehead atoms. The number of urea groups is 1. The number of H-pyrrole nitrogens is 1. The number of amides is 3. The molecule has 0 aliphatic carbocycles. The number of rotatable bonds is 5. The van der Waals surface area contributed by atoms with Gasteiger partial charge in [0.2, 0.25) is 5.91 Å². The fraction of sp³-hybridized carbons (Fsp3) is 0.167. The molecule has 0 saturated heterocycles. The van der Waals surface area contributed by atoms with Crippen molar-refractivity contribution in [2.45, 2.75) is 23.9 Å². The third-order valence-corrected chi connectivity index (χ3v) is 4.68. The van der Waals surface area contributed by atoms with Crippen LogP contribution in [0.5, 0.6) is 0 Å². The first-order valence-electron chi connectivity index (χ1n) is 8.06. The van der Waals surface area contributed by atoms with Crippen molar-refractivity contribution in [2.75, 3.05) is 0 Å². The molecular formula is C18H16F2N4O2S. The van der Waals surface area contributed by atoms with Crippen LogP contribution in [0.4, 0.5) is 13.6 Å². The molecule has 0 fully saturated rings. The van der Waals surface area contributed by atoms with E-state index in [2.05, 4.69) is 20.6 Å². The van der Waals surface area contributed by atoms with Crippen LogP contribution in [0.15, 0.2) is 47.6 Å². The number of fused-ring (bicyclic) bond motifs is 1. The van der Waals surface area contributed by atoms with E-state index >= 15 is 0 Å². The van der Waals surface area contributed by atoms with Crippen LogP contribution in [0, 0.1) is 11.6 Å². The lowest BCUT2D eigenvalue weighted by Gasteiger charge is -2.10. The van der Waals surface area contributed by atoms with Gasteiger partial charge in [0.25, 0.3) is 0 Å². The molecule has 2 aromatic carbocycles. The van der Waals surface area contributed by atoms with Gasteiger partial charge in [-0.3, -0.25) is 10.1 Å². The lowest BCUT2D eigenvalue weighted by Crippen LogP contribution is -2.42. The van der Waals surface area contributed by atoms with Gasteiger partial charge in [-0.05, 0) is 12.5 Å². The number of nitrogens with one attached hydrogen (secondary N) is 3. The summed E-state index contributed by atoms with van der Waals surface area (Å²) in [6, 6.07) is 10.7. The van der Waals surface area contributed by atoms with Crippen molar-refractivity contribution in [2.24, 2.45) is 0 Å². The molecule has 140 valence electrons. The number of aromatic amines is 1. The summed E-state index contributed by atoms with van der Waals surface area (Å²) in [5.41, 5.74) is 1.48. The number of carbonyl (C=O) groups is 2. The maximum absolute atomic E-state index is 13.2. The molecule has 0 radical (unpaired) electrons. The number of aromatic nitrogens is 2. The highest BCUT2D eigenvalue weighted by atomic mass is 32.2. The molecule has 1 atom stereocenters. The zero-order chi connectivity index (χ0) is 19.4. The monoisotopic (exact) mass is 390 g/mol. The van der Waals surface area contributed by atoms with Crippen molar-refractivity contribution in [3.8, 4) is 0 Å². The van der Waals surface area contributed by atoms with E-state index in [9.17, 15) is 18.4 Å². The highest BCUT2D eigenvalue weighted by Crippen LogP contribution is 2.24. The summed E-state index contributed by atoms with van der Waals surface area (Å²) < 4.78 is 26.5. The highest BCUT2D eigenvalue weighted by Gasteiger charge is 2.19. The molecule has 1 heterocycles. The largest absolute Gasteiger partial charge is 0.334 e. The molecule has 0 saturated carbocycles. The molecule has 0 aliphatic rings. The zero-order valence-corrected chi connectivity index (χ0v) is 15.1. The van der Waals surface area contributed by atoms with Gasteiger partial charge in [0.15, 0.2) is 16.8 Å². The third kappa shape index (κ3) is 4.82. The van der Waals surface area contributed by atoms with Crippen LogP contribution < -0.4 is 10.6 Å². The van der Waals surface area contributed by atoms with Gasteiger partial charge in [-0.2, -0.15) is 0 Å². The van der Waals surface area contributed by atoms with Crippen LogP contribution in [-0.4, -0.2) is 27.2 Å². The topological polar surface area (TPSA) is 86.9 Å². The van der Waals surface area contributed by atoms with Crippen molar-refractivity contribution in [1.82, 2.24) is 20.6 Å². The molecule has 3 rings (SSSR count). The number of hydrogen-bond acceptors (Lipinski definition) is 4. The summed E-state index contributed by atoms with van der Waals surface area (Å²) in [6.45, 7) is 1.89. The van der Waals surface area contributed by atoms with Crippen LogP contribution in [0.25, 0.3) is 11.0 Å². The summed E-state index contributed by atoms with van der Waals surface area (Å²) >= 11 is 1.04. The van der Waals surface area contributed by atoms with Crippen LogP contribution in [0.3, 0.4) is 0 Å². The molecule has 9 heteroatoms. The lowest BCUT2D eigenvalue weighted by molar-refractivity contribution is -0.119. The fourth-order valence-electron chi connectivity index (χ4n) is 2.29. The molecule has 0 aliphatic heterocycles. The Labute approximate surface area is 157 Å². The quantitative estimate of drug-likeness (QED) is 0.583. The number of imide groups is 1. The minimum atomic E-state index is -0.994. The van der Waals surface area contributed by atoms with Gasteiger partial charge < -0.3 is 10.3 Å². The second-order valence-electron chi connectivity index (χ2n) is 5.74. The van der Waals surface area contributed by atoms with Gasteiger partial charge in [0.05, 0.1) is 16.3 Å². The first-order valence-corrected chi connectivity index (χ1v) is 8.94. The number of nitrogens with zero attached hydrogens (tertiary/aromatic N) is 1. The van der Waals surface area contributed by atoms with Gasteiger partial charge in [-0.25, -0.2) is 18.6 Å². The fourth-order valence-corrected chi connectivity index (χ4v) is 3.12. The Morgan fingerprint density at radius 3 is 2.63 bits per heavy atom. The van der Waals surface area contributed by atoms with Crippen molar-refractivity contribution >= 4 is 34.7 Å². The van der Waals surface area contributed by atoms with Crippen molar-refractivity contribution in [3.63, 3.8) is 0 Å². The van der Waals surface area contributed by atoms with Crippen LogP contribution in [0.1, 0.15) is 12.5 Å². The normalized spacial score (nSPS) is 12.0. The third-order valence-electron chi connectivity index (χ3n) is 3.69. The van der Waals surface area contributed by atoms with E-state index in [-0.39, 0.29) is 5.52 Å². The van der Waals surface area contributed by atoms with Crippen LogP contribution >= 0.6 is 11.8 Å². The Morgan fingerprint density at radius 1 is 1.19 bits per heavy atom. The van der Waals surface area contributed by atoms with Gasteiger partial charge in [-0.1, -0.05) is 42.1 Å². The number of imidazole rings is 1. The maximum Gasteiger partial charge on any atom is 0.321 e. The minimum Gasteiger partial charge on any atom is -0.334 e. The highest BCUT2D eigenvalue weighted by molar-refractivity contribution is 8.00. The molecule has 0 spiro atoms. The first kappa shape index (κ1) is 18.8. The van der Waals surface area contributed by atoms with Gasteiger partial charge >= 0.3 is 6.03 Å². The lowest BCUT2D eigenvalue weighted by atomic mass is 10.2. The number of halogens is 2. The molecule has 1 unspecified atom stereocenters. The molecule has 6 nitrogen and oxygen atoms in total. The number of carbonyl (C=O) groups excluding carboxylic acids is 2. The minimum absolute atomic E-state index is 0.254. The Kier molecular flexibility index (Phi) is 5.70. The van der Waals surface area contributed by atoms with Crippen LogP contribution in [-0.2, 0) is 11.3 Å². The summed E-state index contributed by atoms with van der Waals surface area (Å²) in [5, 5.41) is 4.52. The Morgan fingerprint density at radius 2 is 1.89 bits per heavy atom. The average Bonchev–Trinajstić information content (AvgIpc) is 3.02. The van der Waals surface area contributed by atoms with E-state index in [1.54, 1.807) is 6.92 Å². The van der Waals surface area contributed by atoms with Crippen molar-refractivity contribution in [3.05, 3.63) is 59.7 Å².